The molecule has 20 heavy (non-hydrogen) atoms. The molecule has 1 heterocycles. The Kier molecular flexibility index (Phi) is 5.16. The molecule has 0 radical (unpaired) electrons. The molecule has 1 saturated carbocycles. The summed E-state index contributed by atoms with van der Waals surface area (Å²) in [4.78, 5) is 16.7. The van der Waals surface area contributed by atoms with Crippen molar-refractivity contribution in [3.05, 3.63) is 11.1 Å². The number of carbonyl (C=O) groups excluding carboxylic acids is 1. The number of rotatable bonds is 5. The van der Waals surface area contributed by atoms with Gasteiger partial charge in [-0.05, 0) is 30.7 Å². The van der Waals surface area contributed by atoms with Gasteiger partial charge in [-0.15, -0.1) is 11.3 Å². The van der Waals surface area contributed by atoms with Crippen molar-refractivity contribution in [3.8, 4) is 0 Å². The smallest absolute Gasteiger partial charge is 0.226 e. The molecule has 0 aliphatic heterocycles. The number of amides is 1. The molecule has 1 aliphatic rings. The number of aromatic nitrogens is 1. The lowest BCUT2D eigenvalue weighted by atomic mass is 9.72. The van der Waals surface area contributed by atoms with Crippen LogP contribution in [0.1, 0.15) is 64.0 Å². The fourth-order valence-corrected chi connectivity index (χ4v) is 3.76. The first kappa shape index (κ1) is 15.4. The first-order valence-corrected chi connectivity index (χ1v) is 8.38. The number of hydrogen-bond acceptors (Lipinski definition) is 4. The van der Waals surface area contributed by atoms with Gasteiger partial charge in [-0.2, -0.15) is 0 Å². The minimum Gasteiger partial charge on any atom is -0.330 e. The summed E-state index contributed by atoms with van der Waals surface area (Å²) in [7, 11) is 0. The lowest BCUT2D eigenvalue weighted by molar-refractivity contribution is -0.118. The van der Waals surface area contributed by atoms with Gasteiger partial charge >= 0.3 is 0 Å². The van der Waals surface area contributed by atoms with Crippen LogP contribution in [-0.4, -0.2) is 17.4 Å². The molecule has 0 atom stereocenters. The monoisotopic (exact) mass is 295 g/mol. The van der Waals surface area contributed by atoms with Crippen molar-refractivity contribution in [2.45, 2.75) is 58.3 Å². The first-order valence-electron chi connectivity index (χ1n) is 7.50. The Morgan fingerprint density at radius 2 is 2.15 bits per heavy atom. The van der Waals surface area contributed by atoms with Crippen LogP contribution in [0.25, 0.3) is 0 Å². The zero-order valence-electron chi connectivity index (χ0n) is 12.4. The number of hydrogen-bond donors (Lipinski definition) is 2. The highest BCUT2D eigenvalue weighted by Gasteiger charge is 2.33. The number of nitrogens with one attached hydrogen (secondary N) is 1. The third kappa shape index (κ3) is 3.79. The van der Waals surface area contributed by atoms with Gasteiger partial charge in [0, 0.05) is 11.8 Å². The second kappa shape index (κ2) is 6.68. The highest BCUT2D eigenvalue weighted by atomic mass is 32.1. The molecule has 1 aliphatic carbocycles. The van der Waals surface area contributed by atoms with Crippen molar-refractivity contribution >= 4 is 22.4 Å². The fourth-order valence-electron chi connectivity index (χ4n) is 2.87. The third-order valence-corrected chi connectivity index (χ3v) is 5.02. The van der Waals surface area contributed by atoms with E-state index in [4.69, 9.17) is 5.73 Å². The van der Waals surface area contributed by atoms with Crippen LogP contribution in [0.5, 0.6) is 0 Å². The van der Waals surface area contributed by atoms with Gasteiger partial charge in [-0.1, -0.05) is 33.1 Å². The minimum atomic E-state index is 0.0144. The summed E-state index contributed by atoms with van der Waals surface area (Å²) in [5.74, 6) is 0.452. The molecule has 0 unspecified atom stereocenters. The van der Waals surface area contributed by atoms with Crippen LogP contribution in [0.4, 0.5) is 5.13 Å². The van der Waals surface area contributed by atoms with E-state index in [9.17, 15) is 4.79 Å². The number of anilines is 1. The summed E-state index contributed by atoms with van der Waals surface area (Å²) >= 11 is 1.50. The Labute approximate surface area is 125 Å². The molecular weight excluding hydrogens is 270 g/mol. The Morgan fingerprint density at radius 3 is 2.70 bits per heavy atom. The van der Waals surface area contributed by atoms with Gasteiger partial charge in [0.1, 0.15) is 0 Å². The molecule has 0 spiro atoms. The van der Waals surface area contributed by atoms with Crippen LogP contribution in [0.15, 0.2) is 5.38 Å². The predicted molar refractivity (Wildman–Crippen MR) is 84.0 cm³/mol. The number of carbonyl (C=O) groups is 1. The highest BCUT2D eigenvalue weighted by molar-refractivity contribution is 7.13. The van der Waals surface area contributed by atoms with Gasteiger partial charge < -0.3 is 11.1 Å². The van der Waals surface area contributed by atoms with E-state index in [1.54, 1.807) is 0 Å². The molecule has 5 heteroatoms. The number of nitrogens with zero attached hydrogens (tertiary/aromatic N) is 1. The fraction of sp³-hybridized carbons (Fsp3) is 0.733. The van der Waals surface area contributed by atoms with Gasteiger partial charge in [0.25, 0.3) is 0 Å². The SMILES string of the molecule is CC(C)c1csc(NC(=O)CC2(CN)CCCCC2)n1. The molecule has 1 aromatic heterocycles. The van der Waals surface area contributed by atoms with Crippen molar-refractivity contribution in [1.82, 2.24) is 4.98 Å². The van der Waals surface area contributed by atoms with Gasteiger partial charge in [0.05, 0.1) is 5.69 Å². The second-order valence-electron chi connectivity index (χ2n) is 6.22. The summed E-state index contributed by atoms with van der Waals surface area (Å²) in [6, 6.07) is 0. The van der Waals surface area contributed by atoms with E-state index in [-0.39, 0.29) is 11.3 Å². The summed E-state index contributed by atoms with van der Waals surface area (Å²) in [6.07, 6.45) is 6.34. The minimum absolute atomic E-state index is 0.0144. The van der Waals surface area contributed by atoms with E-state index in [0.29, 0.717) is 24.0 Å². The van der Waals surface area contributed by atoms with Crippen LogP contribution < -0.4 is 11.1 Å². The Balaban J connectivity index is 1.93. The largest absolute Gasteiger partial charge is 0.330 e. The maximum absolute atomic E-state index is 12.2. The molecule has 112 valence electrons. The average Bonchev–Trinajstić information content (AvgIpc) is 2.88. The van der Waals surface area contributed by atoms with E-state index in [1.807, 2.05) is 5.38 Å². The molecule has 1 fully saturated rings. The number of thiazole rings is 1. The molecular formula is C15H25N3OS. The van der Waals surface area contributed by atoms with E-state index >= 15 is 0 Å². The van der Waals surface area contributed by atoms with Crippen molar-refractivity contribution in [2.24, 2.45) is 11.1 Å². The third-order valence-electron chi connectivity index (χ3n) is 4.24. The summed E-state index contributed by atoms with van der Waals surface area (Å²) in [5.41, 5.74) is 6.98. The quantitative estimate of drug-likeness (QED) is 0.873. The van der Waals surface area contributed by atoms with Crippen molar-refractivity contribution < 1.29 is 4.79 Å². The van der Waals surface area contributed by atoms with Gasteiger partial charge in [0.2, 0.25) is 5.91 Å². The topological polar surface area (TPSA) is 68.0 Å². The molecule has 0 aromatic carbocycles. The molecule has 1 aromatic rings. The van der Waals surface area contributed by atoms with Crippen molar-refractivity contribution in [3.63, 3.8) is 0 Å². The first-order chi connectivity index (χ1) is 9.54. The zero-order valence-corrected chi connectivity index (χ0v) is 13.3. The Bertz CT molecular complexity index is 450. The van der Waals surface area contributed by atoms with Gasteiger partial charge in [-0.3, -0.25) is 4.79 Å². The van der Waals surface area contributed by atoms with E-state index in [2.05, 4.69) is 24.1 Å². The molecule has 2 rings (SSSR count). The lowest BCUT2D eigenvalue weighted by Gasteiger charge is -2.35. The maximum atomic E-state index is 12.2. The van der Waals surface area contributed by atoms with Gasteiger partial charge in [0.15, 0.2) is 5.13 Å². The summed E-state index contributed by atoms with van der Waals surface area (Å²) < 4.78 is 0. The maximum Gasteiger partial charge on any atom is 0.226 e. The Hall–Kier alpha value is -0.940. The van der Waals surface area contributed by atoms with E-state index in [0.717, 1.165) is 18.5 Å². The molecule has 0 saturated heterocycles. The number of nitrogens with two attached hydrogens (primary N) is 1. The average molecular weight is 295 g/mol. The normalized spacial score (nSPS) is 18.2. The van der Waals surface area contributed by atoms with Gasteiger partial charge in [-0.25, -0.2) is 4.98 Å². The standard InChI is InChI=1S/C15H25N3OS/c1-11(2)12-9-20-14(17-12)18-13(19)8-15(10-16)6-4-3-5-7-15/h9,11H,3-8,10,16H2,1-2H3,(H,17,18,19). The second-order valence-corrected chi connectivity index (χ2v) is 7.08. The zero-order chi connectivity index (χ0) is 14.6. The van der Waals surface area contributed by atoms with E-state index < -0.39 is 0 Å². The van der Waals surface area contributed by atoms with Crippen molar-refractivity contribution in [1.29, 1.82) is 0 Å². The van der Waals surface area contributed by atoms with Crippen LogP contribution in [0.2, 0.25) is 0 Å². The van der Waals surface area contributed by atoms with Crippen LogP contribution >= 0.6 is 11.3 Å². The van der Waals surface area contributed by atoms with Crippen LogP contribution in [0.3, 0.4) is 0 Å². The predicted octanol–water partition coefficient (Wildman–Crippen LogP) is 3.50. The molecule has 4 nitrogen and oxygen atoms in total. The lowest BCUT2D eigenvalue weighted by Crippen LogP contribution is -2.36. The van der Waals surface area contributed by atoms with Crippen LogP contribution in [0, 0.1) is 5.41 Å². The van der Waals surface area contributed by atoms with Crippen LogP contribution in [-0.2, 0) is 4.79 Å². The summed E-state index contributed by atoms with van der Waals surface area (Å²) in [6.45, 7) is 4.81. The molecule has 1 amide bonds. The van der Waals surface area contributed by atoms with E-state index in [1.165, 1.54) is 30.6 Å². The Morgan fingerprint density at radius 1 is 1.45 bits per heavy atom. The highest BCUT2D eigenvalue weighted by Crippen LogP contribution is 2.38. The summed E-state index contributed by atoms with van der Waals surface area (Å²) in [5, 5.41) is 5.66. The molecule has 3 N–H and O–H groups in total. The molecule has 0 bridgehead atoms. The van der Waals surface area contributed by atoms with Crippen molar-refractivity contribution in [2.75, 3.05) is 11.9 Å².